The molecule has 0 aliphatic carbocycles. The van der Waals surface area contributed by atoms with Crippen LogP contribution in [-0.2, 0) is 14.8 Å². The fourth-order valence-corrected chi connectivity index (χ4v) is 3.46. The second-order valence-corrected chi connectivity index (χ2v) is 6.01. The van der Waals surface area contributed by atoms with Gasteiger partial charge in [-0.25, -0.2) is 8.42 Å². The molecule has 0 N–H and O–H groups in total. The zero-order valence-electron chi connectivity index (χ0n) is 11.5. The van der Waals surface area contributed by atoms with Gasteiger partial charge in [0.1, 0.15) is 11.0 Å². The summed E-state index contributed by atoms with van der Waals surface area (Å²) in [7, 11) is -4.22. The Balaban J connectivity index is 2.69. The predicted molar refractivity (Wildman–Crippen MR) is 82.5 cm³/mol. The molecule has 0 aliphatic heterocycles. The van der Waals surface area contributed by atoms with E-state index in [1.165, 1.54) is 30.3 Å². The molecule has 2 aromatic rings. The molecule has 2 rings (SSSR count). The highest BCUT2D eigenvalue weighted by Gasteiger charge is 2.31. The zero-order chi connectivity index (χ0) is 16.2. The molecule has 0 saturated heterocycles. The van der Waals surface area contributed by atoms with E-state index in [9.17, 15) is 13.2 Å². The number of rotatable bonds is 4. The van der Waals surface area contributed by atoms with Crippen molar-refractivity contribution in [3.63, 3.8) is 0 Å². The number of carbonyl (C=O) groups excluding carboxylic acids is 1. The number of amides is 1. The first-order valence-corrected chi connectivity index (χ1v) is 7.72. The summed E-state index contributed by atoms with van der Waals surface area (Å²) in [5.41, 5.74) is 0.153. The van der Waals surface area contributed by atoms with E-state index in [1.807, 2.05) is 6.07 Å². The van der Waals surface area contributed by atoms with Gasteiger partial charge >= 0.3 is 0 Å². The van der Waals surface area contributed by atoms with E-state index >= 15 is 0 Å². The van der Waals surface area contributed by atoms with Crippen molar-refractivity contribution in [1.29, 1.82) is 5.26 Å². The fourth-order valence-electron chi connectivity index (χ4n) is 1.91. The second kappa shape index (κ2) is 6.24. The van der Waals surface area contributed by atoms with Gasteiger partial charge in [0.25, 0.3) is 15.9 Å². The molecular weight excluding hydrogens is 300 g/mol. The topological polar surface area (TPSA) is 78.2 Å². The first-order chi connectivity index (χ1) is 10.5. The number of nitriles is 1. The van der Waals surface area contributed by atoms with Gasteiger partial charge in [0.15, 0.2) is 0 Å². The molecule has 0 fully saturated rings. The minimum absolute atomic E-state index is 0.0275. The van der Waals surface area contributed by atoms with E-state index < -0.39 is 15.9 Å². The molecule has 0 aromatic heterocycles. The molecule has 0 atom stereocenters. The molecule has 0 bridgehead atoms. The monoisotopic (exact) mass is 312 g/mol. The zero-order valence-corrected chi connectivity index (χ0v) is 12.3. The SMILES string of the molecule is C=CC(=O)N(c1ccccc1)S(=O)(=O)c1ccccc1C#N. The van der Waals surface area contributed by atoms with Crippen LogP contribution in [0.1, 0.15) is 5.56 Å². The molecule has 110 valence electrons. The highest BCUT2D eigenvalue weighted by Crippen LogP contribution is 2.25. The fraction of sp³-hybridized carbons (Fsp3) is 0. The van der Waals surface area contributed by atoms with E-state index in [0.717, 1.165) is 6.08 Å². The Morgan fingerprint density at radius 3 is 2.27 bits per heavy atom. The van der Waals surface area contributed by atoms with Gasteiger partial charge in [-0.3, -0.25) is 4.79 Å². The average Bonchev–Trinajstić information content (AvgIpc) is 2.55. The Bertz CT molecular complexity index is 852. The van der Waals surface area contributed by atoms with Crippen LogP contribution >= 0.6 is 0 Å². The molecule has 0 aliphatic rings. The van der Waals surface area contributed by atoms with Crippen LogP contribution in [0.25, 0.3) is 0 Å². The smallest absolute Gasteiger partial charge is 0.268 e. The summed E-state index contributed by atoms with van der Waals surface area (Å²) in [6, 6.07) is 15.5. The number of hydrogen-bond donors (Lipinski definition) is 0. The second-order valence-electron chi connectivity index (χ2n) is 4.26. The van der Waals surface area contributed by atoms with E-state index in [2.05, 4.69) is 6.58 Å². The maximum absolute atomic E-state index is 12.8. The van der Waals surface area contributed by atoms with Crippen molar-refractivity contribution in [1.82, 2.24) is 0 Å². The quantitative estimate of drug-likeness (QED) is 0.812. The van der Waals surface area contributed by atoms with Gasteiger partial charge in [0.2, 0.25) is 0 Å². The Hall–Kier alpha value is -2.91. The van der Waals surface area contributed by atoms with Gasteiger partial charge in [0, 0.05) is 0 Å². The molecule has 0 radical (unpaired) electrons. The van der Waals surface area contributed by atoms with Gasteiger partial charge in [-0.15, -0.1) is 0 Å². The largest absolute Gasteiger partial charge is 0.272 e. The molecule has 0 heterocycles. The number of anilines is 1. The van der Waals surface area contributed by atoms with Crippen molar-refractivity contribution < 1.29 is 13.2 Å². The Kier molecular flexibility index (Phi) is 4.39. The third-order valence-electron chi connectivity index (χ3n) is 2.89. The van der Waals surface area contributed by atoms with Crippen molar-refractivity contribution in [2.24, 2.45) is 0 Å². The number of sulfonamides is 1. The van der Waals surface area contributed by atoms with E-state index in [4.69, 9.17) is 5.26 Å². The van der Waals surface area contributed by atoms with Crippen molar-refractivity contribution in [2.75, 3.05) is 4.31 Å². The lowest BCUT2D eigenvalue weighted by atomic mass is 10.2. The predicted octanol–water partition coefficient (Wildman–Crippen LogP) is 2.47. The molecule has 0 unspecified atom stereocenters. The standard InChI is InChI=1S/C16H12N2O3S/c1-2-16(19)18(14-9-4-3-5-10-14)22(20,21)15-11-7-6-8-13(15)12-17/h2-11H,1H2. The Labute approximate surface area is 128 Å². The van der Waals surface area contributed by atoms with E-state index in [1.54, 1.807) is 24.3 Å². The van der Waals surface area contributed by atoms with Crippen LogP contribution in [0.3, 0.4) is 0 Å². The van der Waals surface area contributed by atoms with Crippen LogP contribution < -0.4 is 4.31 Å². The number of hydrogen-bond acceptors (Lipinski definition) is 4. The molecule has 22 heavy (non-hydrogen) atoms. The normalized spacial score (nSPS) is 10.5. The van der Waals surface area contributed by atoms with Gasteiger partial charge < -0.3 is 0 Å². The molecule has 0 spiro atoms. The molecule has 6 heteroatoms. The van der Waals surface area contributed by atoms with Gasteiger partial charge in [-0.05, 0) is 30.3 Å². The molecular formula is C16H12N2O3S. The van der Waals surface area contributed by atoms with Gasteiger partial charge in [-0.2, -0.15) is 9.57 Å². The van der Waals surface area contributed by atoms with E-state index in [0.29, 0.717) is 4.31 Å². The number of benzene rings is 2. The summed E-state index contributed by atoms with van der Waals surface area (Å²) < 4.78 is 26.3. The summed E-state index contributed by atoms with van der Waals surface area (Å²) in [5, 5.41) is 9.09. The summed E-state index contributed by atoms with van der Waals surface area (Å²) in [5.74, 6) is -0.793. The third-order valence-corrected chi connectivity index (χ3v) is 4.67. The van der Waals surface area contributed by atoms with E-state index in [-0.39, 0.29) is 16.1 Å². The third kappa shape index (κ3) is 2.75. The van der Waals surface area contributed by atoms with Crippen molar-refractivity contribution in [3.05, 3.63) is 72.8 Å². The summed E-state index contributed by atoms with van der Waals surface area (Å²) >= 11 is 0. The lowest BCUT2D eigenvalue weighted by Crippen LogP contribution is -2.36. The lowest BCUT2D eigenvalue weighted by Gasteiger charge is -2.21. The first kappa shape index (κ1) is 15.5. The average molecular weight is 312 g/mol. The Morgan fingerprint density at radius 1 is 1.09 bits per heavy atom. The van der Waals surface area contributed by atoms with Crippen molar-refractivity contribution in [2.45, 2.75) is 4.90 Å². The first-order valence-electron chi connectivity index (χ1n) is 6.28. The maximum Gasteiger partial charge on any atom is 0.272 e. The van der Waals surface area contributed by atoms with Crippen LogP contribution in [0, 0.1) is 11.3 Å². The number of para-hydroxylation sites is 1. The summed E-state index contributed by atoms with van der Waals surface area (Å²) in [6.45, 7) is 3.34. The summed E-state index contributed by atoms with van der Waals surface area (Å²) in [6.07, 6.45) is 0.916. The number of carbonyl (C=O) groups is 1. The molecule has 0 saturated carbocycles. The number of nitrogens with zero attached hydrogens (tertiary/aromatic N) is 2. The van der Waals surface area contributed by atoms with Crippen molar-refractivity contribution >= 4 is 21.6 Å². The maximum atomic E-state index is 12.8. The summed E-state index contributed by atoms with van der Waals surface area (Å²) in [4.78, 5) is 11.9. The van der Waals surface area contributed by atoms with Crippen LogP contribution in [0.5, 0.6) is 0 Å². The van der Waals surface area contributed by atoms with Gasteiger partial charge in [-0.1, -0.05) is 36.9 Å². The highest BCUT2D eigenvalue weighted by molar-refractivity contribution is 7.93. The highest BCUT2D eigenvalue weighted by atomic mass is 32.2. The van der Waals surface area contributed by atoms with Crippen LogP contribution in [0.4, 0.5) is 5.69 Å². The van der Waals surface area contributed by atoms with Crippen LogP contribution in [0.2, 0.25) is 0 Å². The van der Waals surface area contributed by atoms with Gasteiger partial charge in [0.05, 0.1) is 11.3 Å². The van der Waals surface area contributed by atoms with Crippen LogP contribution in [0.15, 0.2) is 72.1 Å². The minimum atomic E-state index is -4.22. The Morgan fingerprint density at radius 2 is 1.68 bits per heavy atom. The molecule has 5 nitrogen and oxygen atoms in total. The molecule has 1 amide bonds. The van der Waals surface area contributed by atoms with Crippen molar-refractivity contribution in [3.8, 4) is 6.07 Å². The molecule has 2 aromatic carbocycles. The lowest BCUT2D eigenvalue weighted by molar-refractivity contribution is -0.113. The van der Waals surface area contributed by atoms with Crippen LogP contribution in [-0.4, -0.2) is 14.3 Å². The minimum Gasteiger partial charge on any atom is -0.268 e.